The van der Waals surface area contributed by atoms with Gasteiger partial charge in [0, 0.05) is 44.0 Å². The van der Waals surface area contributed by atoms with Gasteiger partial charge < -0.3 is 15.1 Å². The number of nitrogens with zero attached hydrogens (tertiary/aromatic N) is 5. The highest BCUT2D eigenvalue weighted by Gasteiger charge is 2.21. The monoisotopic (exact) mass is 332 g/mol. The number of aromatic nitrogens is 3. The number of nitrogens with one attached hydrogen (secondary N) is 1. The van der Waals surface area contributed by atoms with E-state index in [9.17, 15) is 9.59 Å². The zero-order chi connectivity index (χ0) is 16.1. The van der Waals surface area contributed by atoms with E-state index in [0.29, 0.717) is 37.3 Å². The molecule has 2 aromatic heterocycles. The molecule has 0 spiro atoms. The average Bonchev–Trinajstić information content (AvgIpc) is 3.02. The van der Waals surface area contributed by atoms with Crippen molar-refractivity contribution in [3.8, 4) is 0 Å². The van der Waals surface area contributed by atoms with Crippen LogP contribution in [0.2, 0.25) is 0 Å². The van der Waals surface area contributed by atoms with Crippen molar-refractivity contribution in [1.82, 2.24) is 24.8 Å². The Morgan fingerprint density at radius 2 is 2.00 bits per heavy atom. The molecule has 23 heavy (non-hydrogen) atoms. The lowest BCUT2D eigenvalue weighted by atomic mass is 10.2. The molecule has 0 aliphatic carbocycles. The van der Waals surface area contributed by atoms with E-state index in [-0.39, 0.29) is 12.3 Å². The Bertz CT molecular complexity index is 669. The predicted octanol–water partition coefficient (Wildman–Crippen LogP) is 0.520. The number of rotatable bonds is 5. The summed E-state index contributed by atoms with van der Waals surface area (Å²) in [4.78, 5) is 38.9. The summed E-state index contributed by atoms with van der Waals surface area (Å²) in [6, 6.07) is 1.74. The van der Waals surface area contributed by atoms with Crippen LogP contribution >= 0.6 is 11.3 Å². The van der Waals surface area contributed by atoms with Crippen molar-refractivity contribution in [1.29, 1.82) is 0 Å². The number of carbonyl (C=O) groups is 2. The van der Waals surface area contributed by atoms with Crippen molar-refractivity contribution < 1.29 is 9.59 Å². The molecular formula is C14H16N6O2S. The Hall–Kier alpha value is -2.55. The van der Waals surface area contributed by atoms with Gasteiger partial charge in [0.1, 0.15) is 0 Å². The minimum absolute atomic E-state index is 0.0309. The number of amides is 2. The Morgan fingerprint density at radius 3 is 2.70 bits per heavy atom. The Labute approximate surface area is 137 Å². The number of hydrogen-bond acceptors (Lipinski definition) is 7. The third-order valence-electron chi connectivity index (χ3n) is 3.48. The quantitative estimate of drug-likeness (QED) is 0.803. The molecule has 1 aliphatic rings. The number of carbonyl (C=O) groups excluding carboxylic acids is 2. The summed E-state index contributed by atoms with van der Waals surface area (Å²) in [7, 11) is 0. The summed E-state index contributed by atoms with van der Waals surface area (Å²) in [5.41, 5.74) is 0.719. The van der Waals surface area contributed by atoms with Gasteiger partial charge >= 0.3 is 0 Å². The lowest BCUT2D eigenvalue weighted by Gasteiger charge is -2.32. The van der Waals surface area contributed by atoms with Gasteiger partial charge in [0.05, 0.1) is 12.1 Å². The van der Waals surface area contributed by atoms with E-state index >= 15 is 0 Å². The van der Waals surface area contributed by atoms with Crippen LogP contribution in [0.25, 0.3) is 0 Å². The van der Waals surface area contributed by atoms with Crippen molar-refractivity contribution in [3.63, 3.8) is 0 Å². The summed E-state index contributed by atoms with van der Waals surface area (Å²) < 4.78 is 0. The standard InChI is InChI=1S/C14H16N6O2S/c21-10-19-4-6-20(7-5-19)12(22)8-11-9-23-14(17-11)18-13-15-2-1-3-16-13/h1-3,9-10H,4-8H2,(H,15,16,17,18). The van der Waals surface area contributed by atoms with Crippen LogP contribution in [0.3, 0.4) is 0 Å². The fourth-order valence-electron chi connectivity index (χ4n) is 2.25. The normalized spacial score (nSPS) is 14.6. The number of hydrogen-bond donors (Lipinski definition) is 1. The van der Waals surface area contributed by atoms with Crippen LogP contribution in [-0.4, -0.2) is 63.2 Å². The van der Waals surface area contributed by atoms with E-state index in [1.54, 1.807) is 28.3 Å². The summed E-state index contributed by atoms with van der Waals surface area (Å²) in [6.45, 7) is 2.32. The second-order valence-electron chi connectivity index (χ2n) is 5.04. The molecule has 2 aromatic rings. The fourth-order valence-corrected chi connectivity index (χ4v) is 2.95. The molecule has 0 aromatic carbocycles. The molecule has 1 N–H and O–H groups in total. The van der Waals surface area contributed by atoms with Crippen molar-refractivity contribution in [2.75, 3.05) is 31.5 Å². The van der Waals surface area contributed by atoms with Crippen LogP contribution < -0.4 is 5.32 Å². The highest BCUT2D eigenvalue weighted by Crippen LogP contribution is 2.19. The number of piperazine rings is 1. The molecule has 0 saturated carbocycles. The van der Waals surface area contributed by atoms with Crippen LogP contribution in [0.1, 0.15) is 5.69 Å². The Balaban J connectivity index is 1.54. The molecule has 0 unspecified atom stereocenters. The third kappa shape index (κ3) is 4.01. The molecule has 1 fully saturated rings. The highest BCUT2D eigenvalue weighted by atomic mass is 32.1. The predicted molar refractivity (Wildman–Crippen MR) is 85.3 cm³/mol. The largest absolute Gasteiger partial charge is 0.342 e. The van der Waals surface area contributed by atoms with Gasteiger partial charge in [-0.15, -0.1) is 11.3 Å². The molecule has 0 atom stereocenters. The van der Waals surface area contributed by atoms with E-state index in [4.69, 9.17) is 0 Å². The minimum atomic E-state index is 0.0309. The van der Waals surface area contributed by atoms with Crippen LogP contribution in [0.4, 0.5) is 11.1 Å². The van der Waals surface area contributed by atoms with Gasteiger partial charge in [0.15, 0.2) is 5.13 Å². The van der Waals surface area contributed by atoms with E-state index in [0.717, 1.165) is 12.1 Å². The van der Waals surface area contributed by atoms with Crippen LogP contribution in [-0.2, 0) is 16.0 Å². The number of thiazole rings is 1. The van der Waals surface area contributed by atoms with Crippen molar-refractivity contribution >= 4 is 34.7 Å². The molecule has 2 amide bonds. The maximum Gasteiger partial charge on any atom is 0.228 e. The van der Waals surface area contributed by atoms with E-state index in [2.05, 4.69) is 20.3 Å². The van der Waals surface area contributed by atoms with Gasteiger partial charge in [-0.1, -0.05) is 0 Å². The molecule has 3 rings (SSSR count). The molecule has 1 aliphatic heterocycles. The fraction of sp³-hybridized carbons (Fsp3) is 0.357. The van der Waals surface area contributed by atoms with E-state index < -0.39 is 0 Å². The van der Waals surface area contributed by atoms with Crippen molar-refractivity contribution in [2.45, 2.75) is 6.42 Å². The van der Waals surface area contributed by atoms with Crippen LogP contribution in [0.5, 0.6) is 0 Å². The van der Waals surface area contributed by atoms with Crippen molar-refractivity contribution in [3.05, 3.63) is 29.5 Å². The first-order valence-corrected chi connectivity index (χ1v) is 8.08. The maximum atomic E-state index is 12.3. The molecule has 0 bridgehead atoms. The average molecular weight is 332 g/mol. The molecule has 3 heterocycles. The van der Waals surface area contributed by atoms with E-state index in [1.165, 1.54) is 11.3 Å². The lowest BCUT2D eigenvalue weighted by molar-refractivity contribution is -0.134. The van der Waals surface area contributed by atoms with Crippen molar-refractivity contribution in [2.24, 2.45) is 0 Å². The smallest absolute Gasteiger partial charge is 0.228 e. The third-order valence-corrected chi connectivity index (χ3v) is 4.29. The molecule has 1 saturated heterocycles. The molecule has 8 nitrogen and oxygen atoms in total. The molecule has 120 valence electrons. The Kier molecular flexibility index (Phi) is 4.77. The first-order chi connectivity index (χ1) is 11.2. The SMILES string of the molecule is O=CN1CCN(C(=O)Cc2csc(Nc3ncccn3)n2)CC1. The summed E-state index contributed by atoms with van der Waals surface area (Å²) in [5, 5.41) is 5.51. The van der Waals surface area contributed by atoms with Gasteiger partial charge in [0.2, 0.25) is 18.3 Å². The van der Waals surface area contributed by atoms with Gasteiger partial charge in [-0.3, -0.25) is 9.59 Å². The summed E-state index contributed by atoms with van der Waals surface area (Å²) >= 11 is 1.41. The zero-order valence-electron chi connectivity index (χ0n) is 12.4. The second kappa shape index (κ2) is 7.14. The summed E-state index contributed by atoms with van der Waals surface area (Å²) in [6.07, 6.45) is 4.37. The molecule has 0 radical (unpaired) electrons. The number of anilines is 2. The minimum Gasteiger partial charge on any atom is -0.342 e. The first-order valence-electron chi connectivity index (χ1n) is 7.20. The van der Waals surface area contributed by atoms with Crippen LogP contribution in [0.15, 0.2) is 23.8 Å². The zero-order valence-corrected chi connectivity index (χ0v) is 13.2. The lowest BCUT2D eigenvalue weighted by Crippen LogP contribution is -2.48. The summed E-state index contributed by atoms with van der Waals surface area (Å²) in [5.74, 6) is 0.507. The topological polar surface area (TPSA) is 91.3 Å². The maximum absolute atomic E-state index is 12.3. The molecule has 9 heteroatoms. The second-order valence-corrected chi connectivity index (χ2v) is 5.90. The van der Waals surface area contributed by atoms with Gasteiger partial charge in [0.25, 0.3) is 0 Å². The van der Waals surface area contributed by atoms with Crippen LogP contribution in [0, 0.1) is 0 Å². The van der Waals surface area contributed by atoms with E-state index in [1.807, 2.05) is 5.38 Å². The van der Waals surface area contributed by atoms with Gasteiger partial charge in [-0.2, -0.15) is 0 Å². The molecular weight excluding hydrogens is 316 g/mol. The Morgan fingerprint density at radius 1 is 1.26 bits per heavy atom. The first kappa shape index (κ1) is 15.3. The van der Waals surface area contributed by atoms with Gasteiger partial charge in [-0.05, 0) is 6.07 Å². The van der Waals surface area contributed by atoms with Gasteiger partial charge in [-0.25, -0.2) is 15.0 Å². The highest BCUT2D eigenvalue weighted by molar-refractivity contribution is 7.13.